The van der Waals surface area contributed by atoms with Gasteiger partial charge in [-0.3, -0.25) is 0 Å². The van der Waals surface area contributed by atoms with E-state index >= 15 is 0 Å². The third kappa shape index (κ3) is 6.03. The fourth-order valence-corrected chi connectivity index (χ4v) is 14.7. The molecular formula is C62H42I3-3. The van der Waals surface area contributed by atoms with Crippen molar-refractivity contribution in [2.45, 2.75) is 6.92 Å². The monoisotopic (exact) mass is 1170 g/mol. The molecule has 0 saturated heterocycles. The SMILES string of the molecule is C[I-]c1ccc(-c2c3c4cccc5c(-c6cc(C)cc7ccccc67)ccc(c3c(-c3ccc([I-]C)cc3)c3c6ccc(-c7cc([I-]C)cc8ccccc78)c7cccc(c23)c76)c54)cc1. The van der Waals surface area contributed by atoms with Crippen LogP contribution in [0.1, 0.15) is 5.56 Å². The van der Waals surface area contributed by atoms with Gasteiger partial charge in [-0.15, -0.1) is 0 Å². The summed E-state index contributed by atoms with van der Waals surface area (Å²) in [4.78, 5) is 7.12. The van der Waals surface area contributed by atoms with Gasteiger partial charge in [0.15, 0.2) is 0 Å². The number of alkyl halides is 3. The summed E-state index contributed by atoms with van der Waals surface area (Å²) in [5, 5.41) is 21.5. The molecule has 13 rings (SSSR count). The van der Waals surface area contributed by atoms with Crippen molar-refractivity contribution in [1.82, 2.24) is 0 Å². The molecule has 0 aliphatic rings. The molecule has 0 atom stereocenters. The number of hydrogen-bond acceptors (Lipinski definition) is 0. The second-order valence-corrected chi connectivity index (χ2v) is 24.3. The van der Waals surface area contributed by atoms with Crippen molar-refractivity contribution >= 4 is 86.2 Å². The van der Waals surface area contributed by atoms with Crippen LogP contribution in [0.2, 0.25) is 0 Å². The standard InChI is InChI=1S/C62H42I3/c1-35-31-38-11-5-7-13-43(38)53(32-35)45-27-29-51-57-47(45)15-9-17-49(57)59-55(36-19-23-40(63-2)24-20-36)60-50-18-10-16-48-46(54-34-42(65-4)33-39-12-6-8-14-44(39)54)28-30-52(58(48)50)62(60)56(61(51)59)37-21-25-41(64-3)26-22-37/h5-34H,1-4H3/q-3. The van der Waals surface area contributed by atoms with Crippen LogP contribution < -0.4 is 63.6 Å². The van der Waals surface area contributed by atoms with E-state index in [-0.39, 0.29) is 63.6 Å². The summed E-state index contributed by atoms with van der Waals surface area (Å²) in [7, 11) is 0. The Morgan fingerprint density at radius 1 is 0.277 bits per heavy atom. The van der Waals surface area contributed by atoms with Crippen LogP contribution in [0.3, 0.4) is 0 Å². The molecule has 0 nitrogen and oxygen atoms in total. The van der Waals surface area contributed by atoms with Gasteiger partial charge < -0.3 is 0 Å². The van der Waals surface area contributed by atoms with E-state index in [0.29, 0.717) is 0 Å². The Morgan fingerprint density at radius 3 is 1.15 bits per heavy atom. The van der Waals surface area contributed by atoms with Gasteiger partial charge in [0, 0.05) is 0 Å². The third-order valence-electron chi connectivity index (χ3n) is 14.0. The van der Waals surface area contributed by atoms with Crippen LogP contribution in [0.25, 0.3) is 131 Å². The zero-order chi connectivity index (χ0) is 43.5. The summed E-state index contributed by atoms with van der Waals surface area (Å²) in [5.41, 5.74) is 11.8. The summed E-state index contributed by atoms with van der Waals surface area (Å²) in [6.45, 7) is 2.23. The molecule has 13 aromatic rings. The van der Waals surface area contributed by atoms with Crippen molar-refractivity contribution in [3.05, 3.63) is 198 Å². The van der Waals surface area contributed by atoms with Crippen LogP contribution in [-0.4, -0.2) is 14.8 Å². The quantitative estimate of drug-likeness (QED) is 0.115. The van der Waals surface area contributed by atoms with Crippen LogP contribution in [0, 0.1) is 17.6 Å². The van der Waals surface area contributed by atoms with Gasteiger partial charge in [-0.05, 0) is 17.9 Å². The number of hydrogen-bond donors (Lipinski definition) is 0. The number of aryl methyl sites for hydroxylation is 1. The molecule has 0 heterocycles. The number of rotatable bonds is 7. The normalized spacial score (nSPS) is 12.4. The third-order valence-corrected chi connectivity index (χ3v) is 19.8. The summed E-state index contributed by atoms with van der Waals surface area (Å²) in [6, 6.07) is 70.9. The fraction of sp³-hybridized carbons (Fsp3) is 0.0645. The van der Waals surface area contributed by atoms with Gasteiger partial charge >= 0.3 is 366 Å². The average Bonchev–Trinajstić information content (AvgIpc) is 3.87. The van der Waals surface area contributed by atoms with E-state index in [1.807, 2.05) is 0 Å². The molecule has 0 N–H and O–H groups in total. The summed E-state index contributed by atoms with van der Waals surface area (Å²) < 4.78 is 4.42. The van der Waals surface area contributed by atoms with Gasteiger partial charge in [0.25, 0.3) is 0 Å². The maximum atomic E-state index is 2.49. The van der Waals surface area contributed by atoms with Crippen molar-refractivity contribution in [1.29, 1.82) is 0 Å². The first-order valence-electron chi connectivity index (χ1n) is 22.1. The van der Waals surface area contributed by atoms with E-state index in [9.17, 15) is 0 Å². The topological polar surface area (TPSA) is 0 Å². The van der Waals surface area contributed by atoms with Crippen LogP contribution in [0.15, 0.2) is 182 Å². The minimum absolute atomic E-state index is 0.0397. The van der Waals surface area contributed by atoms with Gasteiger partial charge in [0.1, 0.15) is 0 Å². The van der Waals surface area contributed by atoms with Crippen molar-refractivity contribution in [3.63, 3.8) is 0 Å². The summed E-state index contributed by atoms with van der Waals surface area (Å²) >= 11 is -0.166. The number of fused-ring (bicyclic) bond motifs is 8. The molecule has 0 aliphatic heterocycles. The molecule has 0 spiro atoms. The number of halogens is 3. The first kappa shape index (κ1) is 40.0. The second-order valence-electron chi connectivity index (χ2n) is 17.3. The first-order chi connectivity index (χ1) is 32.0. The van der Waals surface area contributed by atoms with Crippen molar-refractivity contribution in [3.8, 4) is 44.5 Å². The Balaban J connectivity index is 1.24. The van der Waals surface area contributed by atoms with E-state index in [1.165, 1.54) is 147 Å². The van der Waals surface area contributed by atoms with Crippen molar-refractivity contribution in [2.24, 2.45) is 0 Å². The van der Waals surface area contributed by atoms with Crippen LogP contribution in [-0.2, 0) is 0 Å². The Labute approximate surface area is 410 Å². The summed E-state index contributed by atoms with van der Waals surface area (Å²) in [5.74, 6) is 0. The van der Waals surface area contributed by atoms with Gasteiger partial charge in [-0.25, -0.2) is 0 Å². The first-order valence-corrected chi connectivity index (χ1v) is 31.8. The Kier molecular flexibility index (Phi) is 9.62. The Bertz CT molecular complexity index is 3940. The molecule has 0 amide bonds. The molecule has 0 bridgehead atoms. The van der Waals surface area contributed by atoms with Gasteiger partial charge in [-0.1, -0.05) is 30.3 Å². The minimum atomic E-state index is -0.0868. The van der Waals surface area contributed by atoms with E-state index in [1.54, 1.807) is 0 Å². The Hall–Kier alpha value is -5.35. The van der Waals surface area contributed by atoms with Gasteiger partial charge in [0.2, 0.25) is 0 Å². The van der Waals surface area contributed by atoms with Crippen molar-refractivity contribution in [2.75, 3.05) is 14.8 Å². The zero-order valence-electron chi connectivity index (χ0n) is 36.5. The van der Waals surface area contributed by atoms with Gasteiger partial charge in [-0.2, -0.15) is 0 Å². The molecule has 0 aliphatic carbocycles. The second kappa shape index (κ2) is 15.6. The zero-order valence-corrected chi connectivity index (χ0v) is 42.9. The molecule has 0 unspecified atom stereocenters. The molecule has 0 fully saturated rings. The van der Waals surface area contributed by atoms with Crippen LogP contribution in [0.4, 0.5) is 0 Å². The molecule has 0 radical (unpaired) electrons. The summed E-state index contributed by atoms with van der Waals surface area (Å²) in [6.07, 6.45) is 0. The molecule has 0 saturated carbocycles. The van der Waals surface area contributed by atoms with Crippen LogP contribution in [0.5, 0.6) is 0 Å². The Morgan fingerprint density at radius 2 is 0.677 bits per heavy atom. The molecule has 13 aromatic carbocycles. The molecule has 0 aromatic heterocycles. The van der Waals surface area contributed by atoms with Gasteiger partial charge in [0.05, 0.1) is 0 Å². The average molecular weight is 1170 g/mol. The van der Waals surface area contributed by atoms with Crippen molar-refractivity contribution < 1.29 is 63.6 Å². The van der Waals surface area contributed by atoms with Crippen LogP contribution >= 0.6 is 0 Å². The van der Waals surface area contributed by atoms with E-state index in [2.05, 4.69) is 204 Å². The maximum absolute atomic E-state index is 2.49. The van der Waals surface area contributed by atoms with E-state index in [0.717, 1.165) is 0 Å². The molecular weight excluding hydrogens is 1130 g/mol. The number of benzene rings is 11. The predicted octanol–water partition coefficient (Wildman–Crippen LogP) is 7.43. The molecule has 3 heteroatoms. The van der Waals surface area contributed by atoms with E-state index in [4.69, 9.17) is 0 Å². The molecule has 65 heavy (non-hydrogen) atoms. The van der Waals surface area contributed by atoms with E-state index < -0.39 is 0 Å². The molecule has 314 valence electrons. The predicted molar refractivity (Wildman–Crippen MR) is 269 cm³/mol. The fourth-order valence-electron chi connectivity index (χ4n) is 11.3.